The second-order valence-electron chi connectivity index (χ2n) is 6.66. The molecule has 1 aliphatic rings. The number of hydrogen-bond acceptors (Lipinski definition) is 0. The molecule has 0 saturated heterocycles. The normalized spacial score (nSPS) is 19.2. The topological polar surface area (TPSA) is 0 Å². The van der Waals surface area contributed by atoms with Crippen LogP contribution in [0.1, 0.15) is 91.4 Å². The molecule has 0 aromatic carbocycles. The molecule has 1 aliphatic carbocycles. The van der Waals surface area contributed by atoms with E-state index in [0.717, 1.165) is 17.8 Å². The number of rotatable bonds is 11. The Bertz CT molecular complexity index is 169. The first-order valence-electron chi connectivity index (χ1n) is 8.22. The molecule has 1 fully saturated rings. The molecule has 0 heteroatoms. The average molecular weight is 238 g/mol. The van der Waals surface area contributed by atoms with E-state index in [4.69, 9.17) is 0 Å². The van der Waals surface area contributed by atoms with Crippen LogP contribution in [0.5, 0.6) is 0 Å². The van der Waals surface area contributed by atoms with Crippen molar-refractivity contribution in [2.24, 2.45) is 17.8 Å². The molecular weight excluding hydrogens is 204 g/mol. The minimum atomic E-state index is 0.963. The van der Waals surface area contributed by atoms with Gasteiger partial charge < -0.3 is 0 Å². The highest BCUT2D eigenvalue weighted by Gasteiger charge is 2.20. The van der Waals surface area contributed by atoms with Gasteiger partial charge in [0.15, 0.2) is 0 Å². The minimum Gasteiger partial charge on any atom is -0.0654 e. The van der Waals surface area contributed by atoms with Crippen molar-refractivity contribution in [2.75, 3.05) is 0 Å². The third-order valence-corrected chi connectivity index (χ3v) is 4.43. The van der Waals surface area contributed by atoms with Crippen molar-refractivity contribution in [3.63, 3.8) is 0 Å². The molecule has 2 atom stereocenters. The second kappa shape index (κ2) is 9.00. The van der Waals surface area contributed by atoms with Gasteiger partial charge in [0.25, 0.3) is 0 Å². The van der Waals surface area contributed by atoms with Crippen LogP contribution in [0, 0.1) is 17.8 Å². The lowest BCUT2D eigenvalue weighted by Crippen LogP contribution is -1.98. The zero-order valence-electron chi connectivity index (χ0n) is 12.5. The molecule has 102 valence electrons. The Morgan fingerprint density at radius 1 is 0.824 bits per heavy atom. The molecule has 0 aliphatic heterocycles. The Balaban J connectivity index is 1.83. The summed E-state index contributed by atoms with van der Waals surface area (Å²) in [5, 5.41) is 0. The predicted octanol–water partition coefficient (Wildman–Crippen LogP) is 6.20. The summed E-state index contributed by atoms with van der Waals surface area (Å²) in [4.78, 5) is 0. The lowest BCUT2D eigenvalue weighted by atomic mass is 9.94. The Morgan fingerprint density at radius 3 is 1.88 bits per heavy atom. The van der Waals surface area contributed by atoms with Crippen molar-refractivity contribution in [1.29, 1.82) is 0 Å². The molecule has 0 aromatic heterocycles. The molecule has 0 radical (unpaired) electrons. The summed E-state index contributed by atoms with van der Waals surface area (Å²) < 4.78 is 0. The fourth-order valence-electron chi connectivity index (χ4n) is 2.93. The van der Waals surface area contributed by atoms with Gasteiger partial charge in [-0.25, -0.2) is 0 Å². The van der Waals surface area contributed by atoms with Gasteiger partial charge in [-0.3, -0.25) is 0 Å². The van der Waals surface area contributed by atoms with Crippen molar-refractivity contribution < 1.29 is 0 Å². The van der Waals surface area contributed by atoms with Gasteiger partial charge in [-0.2, -0.15) is 0 Å². The van der Waals surface area contributed by atoms with Crippen LogP contribution in [0.4, 0.5) is 0 Å². The maximum atomic E-state index is 2.46. The molecule has 0 nitrogen and oxygen atoms in total. The van der Waals surface area contributed by atoms with Crippen LogP contribution >= 0.6 is 0 Å². The van der Waals surface area contributed by atoms with Crippen LogP contribution in [0.25, 0.3) is 0 Å². The van der Waals surface area contributed by atoms with E-state index < -0.39 is 0 Å². The summed E-state index contributed by atoms with van der Waals surface area (Å²) in [6.07, 6.45) is 16.2. The van der Waals surface area contributed by atoms with E-state index in [-0.39, 0.29) is 0 Å². The molecule has 0 bridgehead atoms. The standard InChI is InChI=1S/C17H34/c1-4-8-15(2)9-5-6-10-16(3)11-7-12-17-13-14-17/h15-17H,4-14H2,1-3H3. The molecule has 2 unspecified atom stereocenters. The molecule has 0 amide bonds. The van der Waals surface area contributed by atoms with E-state index in [1.54, 1.807) is 0 Å². The molecule has 0 aromatic rings. The van der Waals surface area contributed by atoms with Crippen molar-refractivity contribution in [1.82, 2.24) is 0 Å². The molecule has 1 rings (SSSR count). The van der Waals surface area contributed by atoms with Gasteiger partial charge in [-0.05, 0) is 17.8 Å². The number of unbranched alkanes of at least 4 members (excludes halogenated alkanes) is 1. The molecule has 0 N–H and O–H groups in total. The Morgan fingerprint density at radius 2 is 1.35 bits per heavy atom. The van der Waals surface area contributed by atoms with Gasteiger partial charge in [-0.1, -0.05) is 91.4 Å². The van der Waals surface area contributed by atoms with Gasteiger partial charge in [-0.15, -0.1) is 0 Å². The molecule has 0 spiro atoms. The summed E-state index contributed by atoms with van der Waals surface area (Å²) in [5.74, 6) is 3.08. The Kier molecular flexibility index (Phi) is 7.97. The van der Waals surface area contributed by atoms with Crippen molar-refractivity contribution >= 4 is 0 Å². The summed E-state index contributed by atoms with van der Waals surface area (Å²) in [5.41, 5.74) is 0. The summed E-state index contributed by atoms with van der Waals surface area (Å²) >= 11 is 0. The Labute approximate surface area is 110 Å². The van der Waals surface area contributed by atoms with Crippen LogP contribution < -0.4 is 0 Å². The van der Waals surface area contributed by atoms with Gasteiger partial charge in [0.1, 0.15) is 0 Å². The molecule has 0 heterocycles. The highest BCUT2D eigenvalue weighted by molar-refractivity contribution is 4.73. The first kappa shape index (κ1) is 15.1. The second-order valence-corrected chi connectivity index (χ2v) is 6.66. The average Bonchev–Trinajstić information content (AvgIpc) is 3.09. The van der Waals surface area contributed by atoms with E-state index >= 15 is 0 Å². The minimum absolute atomic E-state index is 0.963. The van der Waals surface area contributed by atoms with Crippen LogP contribution in [0.3, 0.4) is 0 Å². The first-order valence-corrected chi connectivity index (χ1v) is 8.22. The fourth-order valence-corrected chi connectivity index (χ4v) is 2.93. The molecular formula is C17H34. The van der Waals surface area contributed by atoms with E-state index in [0.29, 0.717) is 0 Å². The maximum Gasteiger partial charge on any atom is -0.0414 e. The first-order chi connectivity index (χ1) is 8.22. The van der Waals surface area contributed by atoms with Crippen LogP contribution in [-0.4, -0.2) is 0 Å². The molecule has 1 saturated carbocycles. The zero-order valence-corrected chi connectivity index (χ0v) is 12.5. The zero-order chi connectivity index (χ0) is 12.5. The quantitative estimate of drug-likeness (QED) is 0.376. The third kappa shape index (κ3) is 8.69. The monoisotopic (exact) mass is 238 g/mol. The van der Waals surface area contributed by atoms with Gasteiger partial charge in [0, 0.05) is 0 Å². The van der Waals surface area contributed by atoms with E-state index in [2.05, 4.69) is 20.8 Å². The van der Waals surface area contributed by atoms with Crippen LogP contribution in [-0.2, 0) is 0 Å². The lowest BCUT2D eigenvalue weighted by molar-refractivity contribution is 0.407. The van der Waals surface area contributed by atoms with Gasteiger partial charge in [0.05, 0.1) is 0 Å². The van der Waals surface area contributed by atoms with Crippen molar-refractivity contribution in [2.45, 2.75) is 91.4 Å². The Hall–Kier alpha value is 0. The van der Waals surface area contributed by atoms with Gasteiger partial charge in [0.2, 0.25) is 0 Å². The summed E-state index contributed by atoms with van der Waals surface area (Å²) in [7, 11) is 0. The lowest BCUT2D eigenvalue weighted by Gasteiger charge is -2.13. The largest absolute Gasteiger partial charge is 0.0654 e. The van der Waals surface area contributed by atoms with E-state index in [1.807, 2.05) is 0 Å². The SMILES string of the molecule is CCCC(C)CCCCC(C)CCCC1CC1. The fraction of sp³-hybridized carbons (Fsp3) is 1.00. The maximum absolute atomic E-state index is 2.46. The summed E-state index contributed by atoms with van der Waals surface area (Å²) in [6.45, 7) is 7.18. The smallest absolute Gasteiger partial charge is 0.0414 e. The van der Waals surface area contributed by atoms with Crippen molar-refractivity contribution in [3.05, 3.63) is 0 Å². The highest BCUT2D eigenvalue weighted by Crippen LogP contribution is 2.34. The van der Waals surface area contributed by atoms with Gasteiger partial charge >= 0.3 is 0 Å². The highest BCUT2D eigenvalue weighted by atomic mass is 14.3. The predicted molar refractivity (Wildman–Crippen MR) is 78.3 cm³/mol. The summed E-state index contributed by atoms with van der Waals surface area (Å²) in [6, 6.07) is 0. The number of hydrogen-bond donors (Lipinski definition) is 0. The van der Waals surface area contributed by atoms with Crippen molar-refractivity contribution in [3.8, 4) is 0 Å². The van der Waals surface area contributed by atoms with Crippen LogP contribution in [0.15, 0.2) is 0 Å². The van der Waals surface area contributed by atoms with Crippen LogP contribution in [0.2, 0.25) is 0 Å². The van der Waals surface area contributed by atoms with E-state index in [1.165, 1.54) is 70.6 Å². The van der Waals surface area contributed by atoms with E-state index in [9.17, 15) is 0 Å². The molecule has 17 heavy (non-hydrogen) atoms. The third-order valence-electron chi connectivity index (χ3n) is 4.43.